The second-order valence-electron chi connectivity index (χ2n) is 6.25. The number of benzene rings is 2. The number of aliphatic carboxylic acids is 1. The van der Waals surface area contributed by atoms with E-state index in [1.165, 1.54) is 0 Å². The first-order valence-corrected chi connectivity index (χ1v) is 8.17. The molecule has 0 aromatic heterocycles. The highest BCUT2D eigenvalue weighted by Gasteiger charge is 2.30. The monoisotopic (exact) mass is 311 g/mol. The molecule has 0 bridgehead atoms. The topological polar surface area (TPSA) is 66.4 Å². The Morgan fingerprint density at radius 1 is 1.00 bits per heavy atom. The molecular formula is C19H21NO3. The van der Waals surface area contributed by atoms with Gasteiger partial charge in [0.2, 0.25) is 0 Å². The van der Waals surface area contributed by atoms with Gasteiger partial charge in [-0.25, -0.2) is 4.79 Å². The van der Waals surface area contributed by atoms with Crippen molar-refractivity contribution in [3.63, 3.8) is 0 Å². The Morgan fingerprint density at radius 2 is 1.70 bits per heavy atom. The van der Waals surface area contributed by atoms with Crippen LogP contribution in [0.2, 0.25) is 0 Å². The molecule has 4 nitrogen and oxygen atoms in total. The molecule has 1 fully saturated rings. The molecule has 0 spiro atoms. The molecule has 120 valence electrons. The molecular weight excluding hydrogens is 290 g/mol. The Balaban J connectivity index is 1.78. The van der Waals surface area contributed by atoms with Gasteiger partial charge in [-0.15, -0.1) is 0 Å². The molecule has 1 aliphatic carbocycles. The van der Waals surface area contributed by atoms with Gasteiger partial charge in [-0.3, -0.25) is 4.79 Å². The Hall–Kier alpha value is -2.36. The van der Waals surface area contributed by atoms with Crippen LogP contribution in [0.25, 0.3) is 10.8 Å². The first kappa shape index (κ1) is 15.5. The Bertz CT molecular complexity index is 719. The summed E-state index contributed by atoms with van der Waals surface area (Å²) in [4.78, 5) is 24.0. The van der Waals surface area contributed by atoms with Gasteiger partial charge in [-0.2, -0.15) is 0 Å². The average molecular weight is 311 g/mol. The van der Waals surface area contributed by atoms with E-state index in [1.807, 2.05) is 36.4 Å². The number of rotatable bonds is 4. The first-order chi connectivity index (χ1) is 11.1. The highest BCUT2D eigenvalue weighted by Crippen LogP contribution is 2.27. The zero-order valence-corrected chi connectivity index (χ0v) is 13.0. The Kier molecular flexibility index (Phi) is 4.60. The van der Waals surface area contributed by atoms with Gasteiger partial charge >= 0.3 is 5.97 Å². The third-order valence-electron chi connectivity index (χ3n) is 4.69. The largest absolute Gasteiger partial charge is 0.480 e. The quantitative estimate of drug-likeness (QED) is 0.906. The van der Waals surface area contributed by atoms with Crippen LogP contribution in [-0.2, 0) is 4.79 Å². The van der Waals surface area contributed by atoms with E-state index >= 15 is 0 Å². The summed E-state index contributed by atoms with van der Waals surface area (Å²) in [5.74, 6) is -1.22. The molecule has 2 N–H and O–H groups in total. The minimum atomic E-state index is -0.939. The maximum absolute atomic E-state index is 12.5. The van der Waals surface area contributed by atoms with E-state index in [0.29, 0.717) is 5.56 Å². The van der Waals surface area contributed by atoms with Crippen molar-refractivity contribution in [1.29, 1.82) is 0 Å². The van der Waals surface area contributed by atoms with Gasteiger partial charge in [0.25, 0.3) is 5.91 Å². The molecule has 0 saturated heterocycles. The van der Waals surface area contributed by atoms with Crippen LogP contribution in [0.15, 0.2) is 42.5 Å². The van der Waals surface area contributed by atoms with E-state index in [0.717, 1.165) is 42.9 Å². The van der Waals surface area contributed by atoms with Crippen molar-refractivity contribution in [3.05, 3.63) is 48.0 Å². The van der Waals surface area contributed by atoms with Crippen molar-refractivity contribution in [1.82, 2.24) is 5.32 Å². The van der Waals surface area contributed by atoms with Crippen molar-refractivity contribution < 1.29 is 14.7 Å². The fraction of sp³-hybridized carbons (Fsp3) is 0.368. The predicted octanol–water partition coefficient (Wildman–Crippen LogP) is 3.60. The minimum Gasteiger partial charge on any atom is -0.480 e. The minimum absolute atomic E-state index is 0.0330. The maximum atomic E-state index is 12.5. The third-order valence-corrected chi connectivity index (χ3v) is 4.69. The summed E-state index contributed by atoms with van der Waals surface area (Å²) in [6.45, 7) is 0. The van der Waals surface area contributed by atoms with Gasteiger partial charge in [0.15, 0.2) is 0 Å². The van der Waals surface area contributed by atoms with Crippen LogP contribution in [0.3, 0.4) is 0 Å². The lowest BCUT2D eigenvalue weighted by Crippen LogP contribution is -2.46. The maximum Gasteiger partial charge on any atom is 0.326 e. The SMILES string of the molecule is O=C(N[C@H](C(=O)O)C1CCCCC1)c1ccc2ccccc2c1. The average Bonchev–Trinajstić information content (AvgIpc) is 2.59. The van der Waals surface area contributed by atoms with Crippen molar-refractivity contribution in [2.24, 2.45) is 5.92 Å². The number of carbonyl (C=O) groups excluding carboxylic acids is 1. The lowest BCUT2D eigenvalue weighted by molar-refractivity contribution is -0.141. The van der Waals surface area contributed by atoms with Crippen LogP contribution < -0.4 is 5.32 Å². The van der Waals surface area contributed by atoms with Crippen LogP contribution in [0.1, 0.15) is 42.5 Å². The zero-order valence-electron chi connectivity index (χ0n) is 13.0. The second-order valence-corrected chi connectivity index (χ2v) is 6.25. The van der Waals surface area contributed by atoms with Gasteiger partial charge < -0.3 is 10.4 Å². The lowest BCUT2D eigenvalue weighted by atomic mass is 9.84. The van der Waals surface area contributed by atoms with Crippen molar-refractivity contribution in [2.75, 3.05) is 0 Å². The van der Waals surface area contributed by atoms with E-state index in [4.69, 9.17) is 0 Å². The van der Waals surface area contributed by atoms with Gasteiger partial charge in [-0.1, -0.05) is 49.6 Å². The first-order valence-electron chi connectivity index (χ1n) is 8.17. The van der Waals surface area contributed by atoms with Crippen molar-refractivity contribution >= 4 is 22.6 Å². The molecule has 0 unspecified atom stereocenters. The summed E-state index contributed by atoms with van der Waals surface area (Å²) >= 11 is 0. The van der Waals surface area contributed by atoms with Gasteiger partial charge in [0.05, 0.1) is 0 Å². The van der Waals surface area contributed by atoms with Crippen LogP contribution in [0.5, 0.6) is 0 Å². The van der Waals surface area contributed by atoms with Crippen LogP contribution >= 0.6 is 0 Å². The van der Waals surface area contributed by atoms with Gasteiger partial charge in [-0.05, 0) is 41.7 Å². The molecule has 0 aliphatic heterocycles. The van der Waals surface area contributed by atoms with Crippen molar-refractivity contribution in [3.8, 4) is 0 Å². The number of hydrogen-bond donors (Lipinski definition) is 2. The van der Waals surface area contributed by atoms with Crippen molar-refractivity contribution in [2.45, 2.75) is 38.1 Å². The van der Waals surface area contributed by atoms with E-state index in [2.05, 4.69) is 5.32 Å². The number of hydrogen-bond acceptors (Lipinski definition) is 2. The smallest absolute Gasteiger partial charge is 0.326 e. The summed E-state index contributed by atoms with van der Waals surface area (Å²) in [7, 11) is 0. The van der Waals surface area contributed by atoms with Crippen LogP contribution in [0.4, 0.5) is 0 Å². The molecule has 4 heteroatoms. The van der Waals surface area contributed by atoms with E-state index < -0.39 is 12.0 Å². The van der Waals surface area contributed by atoms with Crippen LogP contribution in [0, 0.1) is 5.92 Å². The molecule has 3 rings (SSSR count). The summed E-state index contributed by atoms with van der Waals surface area (Å²) in [5.41, 5.74) is 0.505. The van der Waals surface area contributed by atoms with Gasteiger partial charge in [0, 0.05) is 5.56 Å². The molecule has 0 radical (unpaired) electrons. The molecule has 23 heavy (non-hydrogen) atoms. The number of amides is 1. The summed E-state index contributed by atoms with van der Waals surface area (Å²) in [6.07, 6.45) is 4.98. The van der Waals surface area contributed by atoms with E-state index in [9.17, 15) is 14.7 Å². The number of nitrogens with one attached hydrogen (secondary N) is 1. The Labute approximate surface area is 135 Å². The Morgan fingerprint density at radius 3 is 2.39 bits per heavy atom. The lowest BCUT2D eigenvalue weighted by Gasteiger charge is -2.28. The highest BCUT2D eigenvalue weighted by molar-refractivity contribution is 6.00. The fourth-order valence-corrected chi connectivity index (χ4v) is 3.40. The normalized spacial score (nSPS) is 16.9. The molecule has 1 aliphatic rings. The summed E-state index contributed by atoms with van der Waals surface area (Å²) < 4.78 is 0. The number of fused-ring (bicyclic) bond motifs is 1. The summed E-state index contributed by atoms with van der Waals surface area (Å²) in [6, 6.07) is 12.5. The second kappa shape index (κ2) is 6.82. The molecule has 2 aromatic rings. The fourth-order valence-electron chi connectivity index (χ4n) is 3.40. The van der Waals surface area contributed by atoms with Crippen LogP contribution in [-0.4, -0.2) is 23.0 Å². The summed E-state index contributed by atoms with van der Waals surface area (Å²) in [5, 5.41) is 14.2. The number of carbonyl (C=O) groups is 2. The highest BCUT2D eigenvalue weighted by atomic mass is 16.4. The molecule has 2 aromatic carbocycles. The standard InChI is InChI=1S/C19H21NO3/c21-18(16-11-10-13-6-4-5-9-15(13)12-16)20-17(19(22)23)14-7-2-1-3-8-14/h4-6,9-12,14,17H,1-3,7-8H2,(H,20,21)(H,22,23)/t17-/m0/s1. The molecule has 0 heterocycles. The third kappa shape index (κ3) is 3.52. The van der Waals surface area contributed by atoms with Gasteiger partial charge in [0.1, 0.15) is 6.04 Å². The predicted molar refractivity (Wildman–Crippen MR) is 89.4 cm³/mol. The molecule has 1 amide bonds. The number of carboxylic acids is 1. The van der Waals surface area contributed by atoms with E-state index in [-0.39, 0.29) is 11.8 Å². The zero-order chi connectivity index (χ0) is 16.2. The molecule has 1 atom stereocenters. The number of carboxylic acid groups (broad SMARTS) is 1. The van der Waals surface area contributed by atoms with E-state index in [1.54, 1.807) is 6.07 Å². The molecule has 1 saturated carbocycles.